The minimum atomic E-state index is 0.304. The van der Waals surface area contributed by atoms with Crippen LogP contribution in [0.4, 0.5) is 0 Å². The van der Waals surface area contributed by atoms with Crippen molar-refractivity contribution in [2.75, 3.05) is 0 Å². The predicted molar refractivity (Wildman–Crippen MR) is 72.8 cm³/mol. The maximum Gasteiger partial charge on any atom is 0.117 e. The van der Waals surface area contributed by atoms with Crippen LogP contribution in [-0.4, -0.2) is 0 Å². The van der Waals surface area contributed by atoms with Gasteiger partial charge in [-0.15, -0.1) is 0 Å². The molecular weight excluding hydrogens is 278 g/mol. The van der Waals surface area contributed by atoms with Gasteiger partial charge < -0.3 is 9.73 Å². The fourth-order valence-electron chi connectivity index (χ4n) is 1.73. The molecule has 1 aromatic carbocycles. The Morgan fingerprint density at radius 2 is 2.12 bits per heavy atom. The van der Waals surface area contributed by atoms with Gasteiger partial charge in [0, 0.05) is 10.5 Å². The van der Waals surface area contributed by atoms with Gasteiger partial charge in [0.25, 0.3) is 0 Å². The molecule has 0 aliphatic rings. The minimum Gasteiger partial charge on any atom is -0.465 e. The molecular formula is C14H16BrNO. The van der Waals surface area contributed by atoms with Crippen LogP contribution in [0.1, 0.15) is 30.0 Å². The highest BCUT2D eigenvalue weighted by molar-refractivity contribution is 9.10. The Labute approximate surface area is 110 Å². The van der Waals surface area contributed by atoms with E-state index in [1.54, 1.807) is 0 Å². The predicted octanol–water partition coefficient (Wildman–Crippen LogP) is 4.20. The fraction of sp³-hybridized carbons (Fsp3) is 0.286. The first-order valence-electron chi connectivity index (χ1n) is 5.69. The molecule has 0 spiro atoms. The summed E-state index contributed by atoms with van der Waals surface area (Å²) in [5.74, 6) is 1.93. The van der Waals surface area contributed by atoms with Gasteiger partial charge in [-0.25, -0.2) is 0 Å². The van der Waals surface area contributed by atoms with E-state index >= 15 is 0 Å². The molecule has 0 saturated carbocycles. The molecule has 0 amide bonds. The zero-order chi connectivity index (χ0) is 12.3. The lowest BCUT2D eigenvalue weighted by atomic mass is 10.1. The van der Waals surface area contributed by atoms with Crippen molar-refractivity contribution in [3.8, 4) is 0 Å². The third kappa shape index (κ3) is 3.45. The average molecular weight is 294 g/mol. The van der Waals surface area contributed by atoms with E-state index < -0.39 is 0 Å². The van der Waals surface area contributed by atoms with Crippen LogP contribution in [0.25, 0.3) is 0 Å². The van der Waals surface area contributed by atoms with Gasteiger partial charge in [-0.1, -0.05) is 28.1 Å². The number of rotatable bonds is 4. The first-order chi connectivity index (χ1) is 8.15. The van der Waals surface area contributed by atoms with Gasteiger partial charge in [-0.05, 0) is 43.7 Å². The van der Waals surface area contributed by atoms with Gasteiger partial charge in [0.2, 0.25) is 0 Å². The second-order valence-electron chi connectivity index (χ2n) is 4.17. The van der Waals surface area contributed by atoms with Crippen LogP contribution < -0.4 is 5.32 Å². The van der Waals surface area contributed by atoms with E-state index in [0.29, 0.717) is 6.04 Å². The van der Waals surface area contributed by atoms with Gasteiger partial charge in [0.1, 0.15) is 11.5 Å². The Hall–Kier alpha value is -1.06. The highest BCUT2D eigenvalue weighted by atomic mass is 79.9. The summed E-state index contributed by atoms with van der Waals surface area (Å²) in [5.41, 5.74) is 1.27. The molecule has 0 aliphatic heterocycles. The second kappa shape index (κ2) is 5.52. The number of aryl methyl sites for hydroxylation is 1. The molecule has 3 heteroatoms. The van der Waals surface area contributed by atoms with E-state index in [1.165, 1.54) is 5.56 Å². The van der Waals surface area contributed by atoms with Crippen molar-refractivity contribution in [3.63, 3.8) is 0 Å². The van der Waals surface area contributed by atoms with E-state index in [-0.39, 0.29) is 0 Å². The third-order valence-electron chi connectivity index (χ3n) is 2.73. The van der Waals surface area contributed by atoms with Crippen LogP contribution in [0.15, 0.2) is 45.3 Å². The summed E-state index contributed by atoms with van der Waals surface area (Å²) < 4.78 is 6.63. The summed E-state index contributed by atoms with van der Waals surface area (Å²) >= 11 is 3.48. The molecule has 0 bridgehead atoms. The van der Waals surface area contributed by atoms with Crippen LogP contribution in [0.3, 0.4) is 0 Å². The first kappa shape index (κ1) is 12.4. The van der Waals surface area contributed by atoms with Crippen LogP contribution in [0, 0.1) is 6.92 Å². The lowest BCUT2D eigenvalue weighted by molar-refractivity contribution is 0.444. The molecule has 0 aliphatic carbocycles. The Morgan fingerprint density at radius 1 is 1.29 bits per heavy atom. The number of halogens is 1. The summed E-state index contributed by atoms with van der Waals surface area (Å²) in [5, 5.41) is 3.44. The zero-order valence-corrected chi connectivity index (χ0v) is 11.6. The molecule has 2 aromatic rings. The standard InChI is InChI=1S/C14H16BrNO/c1-10-6-7-14(17-10)9-16-11(2)12-4-3-5-13(15)8-12/h3-8,11,16H,9H2,1-2H3. The van der Waals surface area contributed by atoms with Gasteiger partial charge in [-0.3, -0.25) is 0 Å². The lowest BCUT2D eigenvalue weighted by Gasteiger charge is -2.13. The summed E-state index contributed by atoms with van der Waals surface area (Å²) in [4.78, 5) is 0. The molecule has 1 unspecified atom stereocenters. The summed E-state index contributed by atoms with van der Waals surface area (Å²) in [6.45, 7) is 4.86. The molecule has 0 saturated heterocycles. The van der Waals surface area contributed by atoms with E-state index in [9.17, 15) is 0 Å². The Bertz CT molecular complexity index is 492. The smallest absolute Gasteiger partial charge is 0.117 e. The van der Waals surface area contributed by atoms with Crippen LogP contribution in [-0.2, 0) is 6.54 Å². The van der Waals surface area contributed by atoms with Gasteiger partial charge >= 0.3 is 0 Å². The first-order valence-corrected chi connectivity index (χ1v) is 6.48. The SMILES string of the molecule is Cc1ccc(CNC(C)c2cccc(Br)c2)o1. The average Bonchev–Trinajstić information content (AvgIpc) is 2.72. The second-order valence-corrected chi connectivity index (χ2v) is 5.09. The largest absolute Gasteiger partial charge is 0.465 e. The van der Waals surface area contributed by atoms with Crippen molar-refractivity contribution in [1.29, 1.82) is 0 Å². The van der Waals surface area contributed by atoms with Crippen molar-refractivity contribution in [2.45, 2.75) is 26.4 Å². The van der Waals surface area contributed by atoms with E-state index in [2.05, 4.69) is 46.4 Å². The number of hydrogen-bond donors (Lipinski definition) is 1. The van der Waals surface area contributed by atoms with Crippen molar-refractivity contribution in [1.82, 2.24) is 5.32 Å². The summed E-state index contributed by atoms with van der Waals surface area (Å²) in [6.07, 6.45) is 0. The van der Waals surface area contributed by atoms with Crippen molar-refractivity contribution < 1.29 is 4.42 Å². The van der Waals surface area contributed by atoms with Gasteiger partial charge in [-0.2, -0.15) is 0 Å². The highest BCUT2D eigenvalue weighted by Crippen LogP contribution is 2.18. The molecule has 17 heavy (non-hydrogen) atoms. The quantitative estimate of drug-likeness (QED) is 0.914. The molecule has 1 aromatic heterocycles. The van der Waals surface area contributed by atoms with Crippen molar-refractivity contribution in [3.05, 3.63) is 58.0 Å². The zero-order valence-electron chi connectivity index (χ0n) is 10.0. The van der Waals surface area contributed by atoms with E-state index in [1.807, 2.05) is 25.1 Å². The Balaban J connectivity index is 1.95. The minimum absolute atomic E-state index is 0.304. The molecule has 1 N–H and O–H groups in total. The van der Waals surface area contributed by atoms with Crippen LogP contribution in [0.2, 0.25) is 0 Å². The summed E-state index contributed by atoms with van der Waals surface area (Å²) in [6, 6.07) is 12.6. The highest BCUT2D eigenvalue weighted by Gasteiger charge is 2.06. The summed E-state index contributed by atoms with van der Waals surface area (Å²) in [7, 11) is 0. The monoisotopic (exact) mass is 293 g/mol. The third-order valence-corrected chi connectivity index (χ3v) is 3.22. The Morgan fingerprint density at radius 3 is 2.76 bits per heavy atom. The Kier molecular flexibility index (Phi) is 4.02. The van der Waals surface area contributed by atoms with Gasteiger partial charge in [0.05, 0.1) is 6.54 Å². The van der Waals surface area contributed by atoms with E-state index in [4.69, 9.17) is 4.42 Å². The van der Waals surface area contributed by atoms with Crippen LogP contribution >= 0.6 is 15.9 Å². The lowest BCUT2D eigenvalue weighted by Crippen LogP contribution is -2.17. The number of benzene rings is 1. The van der Waals surface area contributed by atoms with Crippen molar-refractivity contribution in [2.24, 2.45) is 0 Å². The van der Waals surface area contributed by atoms with Crippen molar-refractivity contribution >= 4 is 15.9 Å². The molecule has 1 heterocycles. The molecule has 0 fully saturated rings. The van der Waals surface area contributed by atoms with E-state index in [0.717, 1.165) is 22.5 Å². The molecule has 1 atom stereocenters. The maximum atomic E-state index is 5.52. The molecule has 2 nitrogen and oxygen atoms in total. The number of furan rings is 1. The normalized spacial score (nSPS) is 12.6. The number of hydrogen-bond acceptors (Lipinski definition) is 2. The topological polar surface area (TPSA) is 25.2 Å². The number of nitrogens with one attached hydrogen (secondary N) is 1. The molecule has 90 valence electrons. The van der Waals surface area contributed by atoms with Gasteiger partial charge in [0.15, 0.2) is 0 Å². The maximum absolute atomic E-state index is 5.52. The van der Waals surface area contributed by atoms with Crippen LogP contribution in [0.5, 0.6) is 0 Å². The fourth-order valence-corrected chi connectivity index (χ4v) is 2.14. The molecule has 0 radical (unpaired) electrons. The molecule has 2 rings (SSSR count).